The third kappa shape index (κ3) is 6.32. The van der Waals surface area contributed by atoms with E-state index in [9.17, 15) is 4.79 Å². The van der Waals surface area contributed by atoms with E-state index in [4.69, 9.17) is 9.53 Å². The molecule has 2 rings (SSSR count). The van der Waals surface area contributed by atoms with Gasteiger partial charge < -0.3 is 9.53 Å². The molecule has 0 aliphatic rings. The SMILES string of the molecule is CC(C)(C)[Si](C)(C)OC(CCCC/C=C/C(=O)O)c1ccc2ccccc2c1. The first-order chi connectivity index (χ1) is 13.1. The molecule has 2 aromatic carbocycles. The Bertz CT molecular complexity index is 818. The molecule has 0 radical (unpaired) electrons. The number of fused-ring (bicyclic) bond motifs is 1. The van der Waals surface area contributed by atoms with Crippen molar-refractivity contribution in [2.45, 2.75) is 70.7 Å². The maximum absolute atomic E-state index is 10.6. The van der Waals surface area contributed by atoms with Gasteiger partial charge in [0.05, 0.1) is 6.10 Å². The smallest absolute Gasteiger partial charge is 0.327 e. The summed E-state index contributed by atoms with van der Waals surface area (Å²) in [5.41, 5.74) is 1.24. The topological polar surface area (TPSA) is 46.5 Å². The molecule has 0 spiro atoms. The molecular weight excluding hydrogens is 364 g/mol. The Hall–Kier alpha value is -1.91. The molecule has 2 aromatic rings. The molecule has 0 saturated heterocycles. The first-order valence-corrected chi connectivity index (χ1v) is 13.1. The van der Waals surface area contributed by atoms with Gasteiger partial charge in [-0.25, -0.2) is 4.79 Å². The summed E-state index contributed by atoms with van der Waals surface area (Å²) in [7, 11) is -1.90. The predicted molar refractivity (Wildman–Crippen MR) is 120 cm³/mol. The van der Waals surface area contributed by atoms with Gasteiger partial charge in [-0.1, -0.05) is 69.7 Å². The first kappa shape index (κ1) is 22.4. The summed E-state index contributed by atoms with van der Waals surface area (Å²) in [6.07, 6.45) is 6.76. The third-order valence-corrected chi connectivity index (χ3v) is 10.2. The molecule has 0 heterocycles. The van der Waals surface area contributed by atoms with Gasteiger partial charge in [-0.05, 0) is 59.8 Å². The zero-order chi connectivity index (χ0) is 20.8. The molecule has 0 aromatic heterocycles. The van der Waals surface area contributed by atoms with E-state index in [-0.39, 0.29) is 11.1 Å². The Morgan fingerprint density at radius 3 is 2.43 bits per heavy atom. The van der Waals surface area contributed by atoms with Crippen LogP contribution in [0.3, 0.4) is 0 Å². The average Bonchev–Trinajstić information content (AvgIpc) is 2.62. The molecule has 28 heavy (non-hydrogen) atoms. The zero-order valence-corrected chi connectivity index (χ0v) is 18.9. The van der Waals surface area contributed by atoms with Gasteiger partial charge in [-0.3, -0.25) is 0 Å². The molecule has 0 saturated carbocycles. The van der Waals surface area contributed by atoms with E-state index < -0.39 is 14.3 Å². The van der Waals surface area contributed by atoms with Gasteiger partial charge in [0.25, 0.3) is 0 Å². The Balaban J connectivity index is 2.16. The molecule has 1 atom stereocenters. The van der Waals surface area contributed by atoms with E-state index in [1.54, 1.807) is 6.08 Å². The van der Waals surface area contributed by atoms with E-state index in [0.29, 0.717) is 0 Å². The summed E-state index contributed by atoms with van der Waals surface area (Å²) < 4.78 is 6.81. The van der Waals surface area contributed by atoms with Crippen molar-refractivity contribution in [3.63, 3.8) is 0 Å². The lowest BCUT2D eigenvalue weighted by atomic mass is 10.00. The number of carboxylic acid groups (broad SMARTS) is 1. The molecule has 0 aliphatic heterocycles. The van der Waals surface area contributed by atoms with E-state index in [1.807, 2.05) is 0 Å². The lowest BCUT2D eigenvalue weighted by Crippen LogP contribution is -2.41. The highest BCUT2D eigenvalue weighted by Crippen LogP contribution is 2.41. The van der Waals surface area contributed by atoms with E-state index in [0.717, 1.165) is 25.7 Å². The number of rotatable bonds is 9. The highest BCUT2D eigenvalue weighted by molar-refractivity contribution is 6.74. The molecule has 0 aliphatic carbocycles. The van der Waals surface area contributed by atoms with Crippen molar-refractivity contribution >= 4 is 25.1 Å². The van der Waals surface area contributed by atoms with Gasteiger partial charge in [0.1, 0.15) is 0 Å². The van der Waals surface area contributed by atoms with Crippen molar-refractivity contribution in [3.05, 3.63) is 60.2 Å². The number of carbonyl (C=O) groups is 1. The minimum Gasteiger partial charge on any atom is -0.478 e. The second kappa shape index (κ2) is 9.53. The van der Waals surface area contributed by atoms with Crippen molar-refractivity contribution < 1.29 is 14.3 Å². The van der Waals surface area contributed by atoms with Gasteiger partial charge in [0.2, 0.25) is 0 Å². The zero-order valence-electron chi connectivity index (χ0n) is 17.9. The number of benzene rings is 2. The Morgan fingerprint density at radius 1 is 1.11 bits per heavy atom. The monoisotopic (exact) mass is 398 g/mol. The van der Waals surface area contributed by atoms with Crippen LogP contribution >= 0.6 is 0 Å². The van der Waals surface area contributed by atoms with Crippen LogP contribution in [0.15, 0.2) is 54.6 Å². The number of aliphatic carboxylic acids is 1. The highest BCUT2D eigenvalue weighted by atomic mass is 28.4. The number of allylic oxidation sites excluding steroid dienone is 1. The van der Waals surface area contributed by atoms with E-state index in [2.05, 4.69) is 76.3 Å². The largest absolute Gasteiger partial charge is 0.478 e. The lowest BCUT2D eigenvalue weighted by Gasteiger charge is -2.39. The maximum Gasteiger partial charge on any atom is 0.327 e. The maximum atomic E-state index is 10.6. The summed E-state index contributed by atoms with van der Waals surface area (Å²) in [5.74, 6) is -0.879. The minimum atomic E-state index is -1.90. The molecule has 4 heteroatoms. The lowest BCUT2D eigenvalue weighted by molar-refractivity contribution is -0.131. The molecule has 152 valence electrons. The van der Waals surface area contributed by atoms with Crippen molar-refractivity contribution in [2.75, 3.05) is 0 Å². The van der Waals surface area contributed by atoms with Crippen LogP contribution < -0.4 is 0 Å². The van der Waals surface area contributed by atoms with Crippen LogP contribution in [-0.4, -0.2) is 19.4 Å². The summed E-state index contributed by atoms with van der Waals surface area (Å²) in [4.78, 5) is 10.6. The Kier molecular flexibility index (Phi) is 7.61. The molecule has 0 bridgehead atoms. The number of hydrogen-bond acceptors (Lipinski definition) is 2. The molecule has 1 N–H and O–H groups in total. The van der Waals surface area contributed by atoms with Gasteiger partial charge in [-0.15, -0.1) is 0 Å². The van der Waals surface area contributed by atoms with Crippen molar-refractivity contribution in [1.82, 2.24) is 0 Å². The molecule has 1 unspecified atom stereocenters. The quantitative estimate of drug-likeness (QED) is 0.278. The second-order valence-corrected chi connectivity index (χ2v) is 13.8. The predicted octanol–water partition coefficient (Wildman–Crippen LogP) is 7.10. The summed E-state index contributed by atoms with van der Waals surface area (Å²) in [5, 5.41) is 11.3. The number of hydrogen-bond donors (Lipinski definition) is 1. The molecule has 3 nitrogen and oxygen atoms in total. The fourth-order valence-electron chi connectivity index (χ4n) is 3.01. The summed E-state index contributed by atoms with van der Waals surface area (Å²) in [6, 6.07) is 15.1. The van der Waals surface area contributed by atoms with Gasteiger partial charge in [-0.2, -0.15) is 0 Å². The number of unbranched alkanes of at least 4 members (excludes halogenated alkanes) is 2. The van der Waals surface area contributed by atoms with Crippen LogP contribution in [0.4, 0.5) is 0 Å². The van der Waals surface area contributed by atoms with Crippen LogP contribution in [0.1, 0.15) is 58.1 Å². The Labute approximate surface area is 170 Å². The van der Waals surface area contributed by atoms with Crippen LogP contribution in [-0.2, 0) is 9.22 Å². The number of carboxylic acids is 1. The van der Waals surface area contributed by atoms with Crippen LogP contribution in [0.25, 0.3) is 10.8 Å². The summed E-state index contributed by atoms with van der Waals surface area (Å²) in [6.45, 7) is 11.4. The van der Waals surface area contributed by atoms with Gasteiger partial charge in [0.15, 0.2) is 8.32 Å². The fourth-order valence-corrected chi connectivity index (χ4v) is 4.33. The third-order valence-electron chi connectivity index (χ3n) is 5.74. The van der Waals surface area contributed by atoms with Crippen molar-refractivity contribution in [1.29, 1.82) is 0 Å². The van der Waals surface area contributed by atoms with Crippen molar-refractivity contribution in [3.8, 4) is 0 Å². The normalized spacial score (nSPS) is 13.9. The molecular formula is C24H34O3Si. The van der Waals surface area contributed by atoms with E-state index in [1.165, 1.54) is 22.4 Å². The summed E-state index contributed by atoms with van der Waals surface area (Å²) >= 11 is 0. The van der Waals surface area contributed by atoms with Gasteiger partial charge in [0, 0.05) is 6.08 Å². The average molecular weight is 399 g/mol. The Morgan fingerprint density at radius 2 is 1.79 bits per heavy atom. The van der Waals surface area contributed by atoms with Gasteiger partial charge >= 0.3 is 5.97 Å². The van der Waals surface area contributed by atoms with E-state index >= 15 is 0 Å². The molecule has 0 amide bonds. The van der Waals surface area contributed by atoms with Crippen LogP contribution in [0, 0.1) is 0 Å². The minimum absolute atomic E-state index is 0.0777. The molecule has 0 fully saturated rings. The first-order valence-electron chi connectivity index (χ1n) is 10.2. The fraction of sp³-hybridized carbons (Fsp3) is 0.458. The second-order valence-electron chi connectivity index (χ2n) is 9.00. The van der Waals surface area contributed by atoms with Crippen LogP contribution in [0.2, 0.25) is 18.1 Å². The highest BCUT2D eigenvalue weighted by Gasteiger charge is 2.39. The standard InChI is InChI=1S/C24H34O3Si/c1-24(2,3)28(4,5)27-22(14-8-6-7-9-15-23(25)26)21-17-16-19-12-10-11-13-20(19)18-21/h9-13,15-18,22H,6-8,14H2,1-5H3,(H,25,26)/b15-9+. The van der Waals surface area contributed by atoms with Crippen LogP contribution in [0.5, 0.6) is 0 Å². The van der Waals surface area contributed by atoms with Crippen molar-refractivity contribution in [2.24, 2.45) is 0 Å².